The van der Waals surface area contributed by atoms with E-state index in [0.717, 1.165) is 5.56 Å². The van der Waals surface area contributed by atoms with E-state index >= 15 is 0 Å². The first-order chi connectivity index (χ1) is 6.74. The fraction of sp³-hybridized carbons (Fsp3) is 0.400. The monoisotopic (exact) mass is 194 g/mol. The molecule has 0 saturated carbocycles. The van der Waals surface area contributed by atoms with Crippen molar-refractivity contribution >= 4 is 5.97 Å². The van der Waals surface area contributed by atoms with Gasteiger partial charge in [-0.2, -0.15) is 0 Å². The Kier molecular flexibility index (Phi) is 4.07. The number of carboxylic acid groups (broad SMARTS) is 1. The second kappa shape index (κ2) is 5.34. The zero-order valence-electron chi connectivity index (χ0n) is 8.10. The second-order valence-electron chi connectivity index (χ2n) is 3.13. The van der Waals surface area contributed by atoms with E-state index in [0.29, 0.717) is 6.54 Å². The van der Waals surface area contributed by atoms with Crippen LogP contribution >= 0.6 is 0 Å². The van der Waals surface area contributed by atoms with Crippen LogP contribution in [0.1, 0.15) is 17.9 Å². The van der Waals surface area contributed by atoms with Crippen LogP contribution in [0.25, 0.3) is 0 Å². The molecule has 1 unspecified atom stereocenters. The van der Waals surface area contributed by atoms with Crippen molar-refractivity contribution in [2.45, 2.75) is 12.3 Å². The van der Waals surface area contributed by atoms with Crippen molar-refractivity contribution in [3.63, 3.8) is 0 Å². The average Bonchev–Trinajstić information content (AvgIpc) is 2.18. The molecule has 1 aromatic rings. The number of likely N-dealkylation sites (N-methyl/N-ethyl adjacent to an activating group) is 1. The van der Waals surface area contributed by atoms with E-state index in [1.165, 1.54) is 0 Å². The summed E-state index contributed by atoms with van der Waals surface area (Å²) in [6.45, 7) is 0.663. The summed E-state index contributed by atoms with van der Waals surface area (Å²) >= 11 is 0. The fourth-order valence-electron chi connectivity index (χ4n) is 1.40. The Bertz CT molecular complexity index is 287. The van der Waals surface area contributed by atoms with Crippen LogP contribution in [0.2, 0.25) is 0 Å². The minimum absolute atomic E-state index is 0.0144. The molecule has 0 saturated heterocycles. The molecule has 0 spiro atoms. The van der Waals surface area contributed by atoms with Gasteiger partial charge < -0.3 is 10.4 Å². The Hall–Kier alpha value is -1.42. The Balaban J connectivity index is 2.72. The molecule has 14 heavy (non-hydrogen) atoms. The Labute approximate surface area is 83.0 Å². The number of nitrogens with zero attached hydrogens (tertiary/aromatic N) is 1. The first kappa shape index (κ1) is 10.7. The van der Waals surface area contributed by atoms with Crippen molar-refractivity contribution < 1.29 is 9.90 Å². The van der Waals surface area contributed by atoms with Gasteiger partial charge in [0, 0.05) is 24.9 Å². The van der Waals surface area contributed by atoms with Crippen LogP contribution in [0.15, 0.2) is 24.5 Å². The highest BCUT2D eigenvalue weighted by molar-refractivity contribution is 5.68. The number of hydrogen-bond donors (Lipinski definition) is 2. The van der Waals surface area contributed by atoms with Crippen LogP contribution in [0.5, 0.6) is 0 Å². The van der Waals surface area contributed by atoms with E-state index in [4.69, 9.17) is 5.11 Å². The molecular weight excluding hydrogens is 180 g/mol. The van der Waals surface area contributed by atoms with Crippen LogP contribution in [-0.4, -0.2) is 29.7 Å². The third-order valence-electron chi connectivity index (χ3n) is 2.05. The summed E-state index contributed by atoms with van der Waals surface area (Å²) in [5.74, 6) is -0.762. The SMILES string of the molecule is CNCC(CC(=O)O)c1ccncc1. The lowest BCUT2D eigenvalue weighted by Gasteiger charge is -2.13. The molecule has 1 atom stereocenters. The van der Waals surface area contributed by atoms with Gasteiger partial charge in [-0.15, -0.1) is 0 Å². The lowest BCUT2D eigenvalue weighted by Crippen LogP contribution is -2.19. The predicted molar refractivity (Wildman–Crippen MR) is 53.2 cm³/mol. The zero-order chi connectivity index (χ0) is 10.4. The number of carboxylic acids is 1. The van der Waals surface area contributed by atoms with Crippen molar-refractivity contribution in [2.24, 2.45) is 0 Å². The summed E-state index contributed by atoms with van der Waals surface area (Å²) in [6, 6.07) is 3.70. The summed E-state index contributed by atoms with van der Waals surface area (Å²) in [7, 11) is 1.82. The third-order valence-corrected chi connectivity index (χ3v) is 2.05. The van der Waals surface area contributed by atoms with E-state index in [1.807, 2.05) is 19.2 Å². The summed E-state index contributed by atoms with van der Waals surface area (Å²) in [5, 5.41) is 11.7. The fourth-order valence-corrected chi connectivity index (χ4v) is 1.40. The average molecular weight is 194 g/mol. The van der Waals surface area contributed by atoms with Gasteiger partial charge in [0.1, 0.15) is 0 Å². The first-order valence-corrected chi connectivity index (χ1v) is 4.50. The molecule has 4 nitrogen and oxygen atoms in total. The van der Waals surface area contributed by atoms with Crippen LogP contribution in [0.4, 0.5) is 0 Å². The number of carbonyl (C=O) groups is 1. The van der Waals surface area contributed by atoms with E-state index in [2.05, 4.69) is 10.3 Å². The molecule has 1 aromatic heterocycles. The van der Waals surface area contributed by atoms with Gasteiger partial charge in [0.05, 0.1) is 6.42 Å². The maximum atomic E-state index is 10.6. The molecule has 0 amide bonds. The van der Waals surface area contributed by atoms with E-state index in [-0.39, 0.29) is 12.3 Å². The summed E-state index contributed by atoms with van der Waals surface area (Å²) in [5.41, 5.74) is 1.01. The maximum absolute atomic E-state index is 10.6. The second-order valence-corrected chi connectivity index (χ2v) is 3.13. The van der Waals surface area contributed by atoms with Crippen molar-refractivity contribution in [1.82, 2.24) is 10.3 Å². The molecule has 0 aliphatic rings. The van der Waals surface area contributed by atoms with E-state index < -0.39 is 5.97 Å². The first-order valence-electron chi connectivity index (χ1n) is 4.50. The highest BCUT2D eigenvalue weighted by Crippen LogP contribution is 2.17. The number of hydrogen-bond acceptors (Lipinski definition) is 3. The third kappa shape index (κ3) is 3.14. The van der Waals surface area contributed by atoms with Gasteiger partial charge in [-0.25, -0.2) is 0 Å². The predicted octanol–water partition coefficient (Wildman–Crippen LogP) is 0.859. The van der Waals surface area contributed by atoms with E-state index in [1.54, 1.807) is 12.4 Å². The lowest BCUT2D eigenvalue weighted by molar-refractivity contribution is -0.137. The molecule has 2 N–H and O–H groups in total. The smallest absolute Gasteiger partial charge is 0.304 e. The maximum Gasteiger partial charge on any atom is 0.304 e. The molecule has 0 radical (unpaired) electrons. The standard InChI is InChI=1S/C10H14N2O2/c1-11-7-9(6-10(13)14)8-2-4-12-5-3-8/h2-5,9,11H,6-7H2,1H3,(H,13,14). The minimum Gasteiger partial charge on any atom is -0.481 e. The summed E-state index contributed by atoms with van der Waals surface area (Å²) in [4.78, 5) is 14.5. The number of aliphatic carboxylic acids is 1. The molecular formula is C10H14N2O2. The summed E-state index contributed by atoms with van der Waals surface area (Å²) in [6.07, 6.45) is 3.50. The Morgan fingerprint density at radius 1 is 1.57 bits per heavy atom. The Morgan fingerprint density at radius 2 is 2.21 bits per heavy atom. The van der Waals surface area contributed by atoms with Gasteiger partial charge in [0.25, 0.3) is 0 Å². The molecule has 4 heteroatoms. The molecule has 1 heterocycles. The van der Waals surface area contributed by atoms with Gasteiger partial charge in [-0.3, -0.25) is 9.78 Å². The highest BCUT2D eigenvalue weighted by Gasteiger charge is 2.14. The molecule has 0 aromatic carbocycles. The number of aromatic nitrogens is 1. The van der Waals surface area contributed by atoms with Gasteiger partial charge in [-0.05, 0) is 24.7 Å². The summed E-state index contributed by atoms with van der Waals surface area (Å²) < 4.78 is 0. The molecule has 76 valence electrons. The lowest BCUT2D eigenvalue weighted by atomic mass is 9.97. The zero-order valence-corrected chi connectivity index (χ0v) is 8.10. The van der Waals surface area contributed by atoms with Crippen LogP contribution < -0.4 is 5.32 Å². The molecule has 0 fully saturated rings. The normalized spacial score (nSPS) is 12.4. The Morgan fingerprint density at radius 3 is 2.71 bits per heavy atom. The van der Waals surface area contributed by atoms with Crippen molar-refractivity contribution in [1.29, 1.82) is 0 Å². The highest BCUT2D eigenvalue weighted by atomic mass is 16.4. The number of rotatable bonds is 5. The van der Waals surface area contributed by atoms with Crippen molar-refractivity contribution in [3.05, 3.63) is 30.1 Å². The largest absolute Gasteiger partial charge is 0.481 e. The molecule has 1 rings (SSSR count). The van der Waals surface area contributed by atoms with Gasteiger partial charge in [0.15, 0.2) is 0 Å². The molecule has 0 aliphatic heterocycles. The quantitative estimate of drug-likeness (QED) is 0.729. The van der Waals surface area contributed by atoms with E-state index in [9.17, 15) is 4.79 Å². The van der Waals surface area contributed by atoms with Crippen molar-refractivity contribution in [2.75, 3.05) is 13.6 Å². The van der Waals surface area contributed by atoms with Crippen LogP contribution in [-0.2, 0) is 4.79 Å². The minimum atomic E-state index is -0.776. The van der Waals surface area contributed by atoms with Crippen molar-refractivity contribution in [3.8, 4) is 0 Å². The van der Waals surface area contributed by atoms with Gasteiger partial charge in [0.2, 0.25) is 0 Å². The van der Waals surface area contributed by atoms with Crippen LogP contribution in [0.3, 0.4) is 0 Å². The van der Waals surface area contributed by atoms with Gasteiger partial charge >= 0.3 is 5.97 Å². The van der Waals surface area contributed by atoms with Crippen LogP contribution in [0, 0.1) is 0 Å². The molecule has 0 bridgehead atoms. The molecule has 0 aliphatic carbocycles. The number of nitrogens with one attached hydrogen (secondary N) is 1. The topological polar surface area (TPSA) is 62.2 Å². The number of pyridine rings is 1. The van der Waals surface area contributed by atoms with Gasteiger partial charge in [-0.1, -0.05) is 0 Å².